The number of nitrogens with zero attached hydrogens (tertiary/aromatic N) is 6. The van der Waals surface area contributed by atoms with Crippen LogP contribution in [0.25, 0.3) is 16.9 Å². The lowest BCUT2D eigenvalue weighted by Gasteiger charge is -2.33. The van der Waals surface area contributed by atoms with E-state index < -0.39 is 23.6 Å². The van der Waals surface area contributed by atoms with E-state index in [1.807, 2.05) is 0 Å². The molecular formula is C22H18F3N7O. The number of aryl methyl sites for hydroxylation is 1. The first-order valence-corrected chi connectivity index (χ1v) is 10.1. The van der Waals surface area contributed by atoms with Gasteiger partial charge < -0.3 is 10.6 Å². The van der Waals surface area contributed by atoms with Crippen LogP contribution in [-0.2, 0) is 13.5 Å². The average molecular weight is 453 g/mol. The number of para-hydroxylation sites is 1. The Morgan fingerprint density at radius 3 is 2.45 bits per heavy atom. The second kappa shape index (κ2) is 7.85. The van der Waals surface area contributed by atoms with E-state index in [0.717, 1.165) is 12.1 Å². The minimum atomic E-state index is -1.53. The highest BCUT2D eigenvalue weighted by atomic mass is 19.2. The number of carbonyl (C=O) groups is 1. The molecule has 168 valence electrons. The molecule has 2 aromatic carbocycles. The van der Waals surface area contributed by atoms with Gasteiger partial charge in [0.05, 0.1) is 16.9 Å². The summed E-state index contributed by atoms with van der Waals surface area (Å²) in [5.41, 5.74) is 9.09. The number of rotatable bonds is 3. The molecule has 8 nitrogen and oxygen atoms in total. The molecule has 0 saturated carbocycles. The lowest BCUT2D eigenvalue weighted by molar-refractivity contribution is 0.0662. The van der Waals surface area contributed by atoms with Gasteiger partial charge in [0.25, 0.3) is 5.91 Å². The second-order valence-electron chi connectivity index (χ2n) is 7.67. The highest BCUT2D eigenvalue weighted by Crippen LogP contribution is 2.35. The van der Waals surface area contributed by atoms with E-state index in [4.69, 9.17) is 5.73 Å². The van der Waals surface area contributed by atoms with Gasteiger partial charge in [-0.15, -0.1) is 10.2 Å². The number of aromatic nitrogens is 5. The molecule has 1 aliphatic rings. The Morgan fingerprint density at radius 1 is 1.09 bits per heavy atom. The summed E-state index contributed by atoms with van der Waals surface area (Å²) in [6.07, 6.45) is 2.46. The Kier molecular flexibility index (Phi) is 4.97. The van der Waals surface area contributed by atoms with Crippen molar-refractivity contribution in [3.05, 3.63) is 83.3 Å². The zero-order chi connectivity index (χ0) is 23.3. The van der Waals surface area contributed by atoms with E-state index >= 15 is 0 Å². The molecule has 4 aromatic rings. The number of amides is 1. The highest BCUT2D eigenvalue weighted by molar-refractivity contribution is 5.98. The smallest absolute Gasteiger partial charge is 0.257 e. The fourth-order valence-electron chi connectivity index (χ4n) is 4.23. The molecule has 0 spiro atoms. The van der Waals surface area contributed by atoms with Gasteiger partial charge in [0, 0.05) is 24.7 Å². The molecule has 11 heteroatoms. The van der Waals surface area contributed by atoms with E-state index in [-0.39, 0.29) is 18.0 Å². The quantitative estimate of drug-likeness (QED) is 0.482. The maximum atomic E-state index is 13.8. The first-order valence-electron chi connectivity index (χ1n) is 10.1. The Balaban J connectivity index is 1.52. The van der Waals surface area contributed by atoms with E-state index in [1.165, 1.54) is 22.2 Å². The zero-order valence-corrected chi connectivity index (χ0v) is 17.4. The summed E-state index contributed by atoms with van der Waals surface area (Å²) < 4.78 is 44.2. The zero-order valence-electron chi connectivity index (χ0n) is 17.4. The van der Waals surface area contributed by atoms with Gasteiger partial charge in [0.2, 0.25) is 0 Å². The van der Waals surface area contributed by atoms with Crippen LogP contribution in [0.3, 0.4) is 0 Å². The average Bonchev–Trinajstić information content (AvgIpc) is 3.45. The van der Waals surface area contributed by atoms with Gasteiger partial charge in [-0.1, -0.05) is 12.1 Å². The van der Waals surface area contributed by atoms with Crippen molar-refractivity contribution in [2.24, 2.45) is 12.8 Å². The third-order valence-electron chi connectivity index (χ3n) is 5.74. The maximum absolute atomic E-state index is 13.8. The van der Waals surface area contributed by atoms with Crippen LogP contribution < -0.4 is 5.73 Å². The molecule has 0 aliphatic carbocycles. The minimum absolute atomic E-state index is 0.146. The predicted molar refractivity (Wildman–Crippen MR) is 112 cm³/mol. The van der Waals surface area contributed by atoms with Crippen molar-refractivity contribution in [3.63, 3.8) is 0 Å². The topological polar surface area (TPSA) is 94.9 Å². The minimum Gasteiger partial charge on any atom is -0.317 e. The summed E-state index contributed by atoms with van der Waals surface area (Å²) in [6, 6.07) is 8.86. The van der Waals surface area contributed by atoms with E-state index in [0.29, 0.717) is 34.6 Å². The molecular weight excluding hydrogens is 435 g/mol. The van der Waals surface area contributed by atoms with Crippen molar-refractivity contribution in [3.8, 4) is 16.9 Å². The van der Waals surface area contributed by atoms with Crippen LogP contribution >= 0.6 is 0 Å². The van der Waals surface area contributed by atoms with E-state index in [9.17, 15) is 18.0 Å². The maximum Gasteiger partial charge on any atom is 0.257 e. The van der Waals surface area contributed by atoms with Gasteiger partial charge in [-0.05, 0) is 30.7 Å². The third-order valence-corrected chi connectivity index (χ3v) is 5.74. The Hall–Kier alpha value is -3.99. The molecule has 0 bridgehead atoms. The Labute approximate surface area is 186 Å². The van der Waals surface area contributed by atoms with Crippen molar-refractivity contribution in [1.82, 2.24) is 29.4 Å². The molecule has 5 rings (SSSR count). The van der Waals surface area contributed by atoms with Crippen LogP contribution in [0.2, 0.25) is 0 Å². The predicted octanol–water partition coefficient (Wildman–Crippen LogP) is 2.74. The van der Waals surface area contributed by atoms with E-state index in [2.05, 4.69) is 15.3 Å². The number of hydrogen-bond acceptors (Lipinski definition) is 5. The summed E-state index contributed by atoms with van der Waals surface area (Å²) in [5.74, 6) is -4.41. The number of benzene rings is 2. The molecule has 1 amide bonds. The van der Waals surface area contributed by atoms with Gasteiger partial charge >= 0.3 is 0 Å². The number of carbonyl (C=O) groups excluding carboxylic acids is 1. The fourth-order valence-corrected chi connectivity index (χ4v) is 4.23. The van der Waals surface area contributed by atoms with Crippen molar-refractivity contribution in [1.29, 1.82) is 0 Å². The van der Waals surface area contributed by atoms with Gasteiger partial charge in [-0.3, -0.25) is 14.0 Å². The monoisotopic (exact) mass is 453 g/mol. The van der Waals surface area contributed by atoms with Crippen LogP contribution in [0.4, 0.5) is 13.2 Å². The molecule has 0 unspecified atom stereocenters. The van der Waals surface area contributed by atoms with Crippen LogP contribution in [0, 0.1) is 17.5 Å². The summed E-state index contributed by atoms with van der Waals surface area (Å²) >= 11 is 0. The summed E-state index contributed by atoms with van der Waals surface area (Å²) in [5, 5.41) is 12.0. The summed E-state index contributed by atoms with van der Waals surface area (Å²) in [6.45, 7) is 0.258. The van der Waals surface area contributed by atoms with Crippen LogP contribution in [0.15, 0.2) is 49.1 Å². The number of halogens is 3. The molecule has 33 heavy (non-hydrogen) atoms. The fraction of sp³-hybridized carbons (Fsp3) is 0.182. The Bertz CT molecular complexity index is 1340. The third kappa shape index (κ3) is 3.37. The molecule has 1 aliphatic heterocycles. The molecule has 3 heterocycles. The van der Waals surface area contributed by atoms with Crippen LogP contribution in [0.5, 0.6) is 0 Å². The number of hydrogen-bond donors (Lipinski definition) is 1. The molecule has 0 saturated heterocycles. The summed E-state index contributed by atoms with van der Waals surface area (Å²) in [7, 11) is 1.60. The van der Waals surface area contributed by atoms with Crippen molar-refractivity contribution in [2.45, 2.75) is 12.6 Å². The van der Waals surface area contributed by atoms with Crippen molar-refractivity contribution < 1.29 is 18.0 Å². The van der Waals surface area contributed by atoms with Gasteiger partial charge in [0.1, 0.15) is 24.5 Å². The number of fused-ring (bicyclic) bond motifs is 1. The molecule has 2 aromatic heterocycles. The largest absolute Gasteiger partial charge is 0.317 e. The lowest BCUT2D eigenvalue weighted by atomic mass is 9.97. The number of nitrogens with two attached hydrogens (primary N) is 1. The van der Waals surface area contributed by atoms with E-state index in [1.54, 1.807) is 35.9 Å². The van der Waals surface area contributed by atoms with Crippen LogP contribution in [0.1, 0.15) is 27.8 Å². The second-order valence-corrected chi connectivity index (χ2v) is 7.67. The van der Waals surface area contributed by atoms with Crippen molar-refractivity contribution in [2.75, 3.05) is 6.54 Å². The molecule has 2 N–H and O–H groups in total. The van der Waals surface area contributed by atoms with Gasteiger partial charge in [-0.2, -0.15) is 5.10 Å². The Morgan fingerprint density at radius 2 is 1.76 bits per heavy atom. The SMILES string of the molecule is Cn1nc2c(c1-c1cc(F)c(F)c(F)c1)CCN(C(=O)c1ccccc1-n1cnnc1)[C@H]2N. The molecule has 0 radical (unpaired) electrons. The normalized spacial score (nSPS) is 15.5. The van der Waals surface area contributed by atoms with Crippen molar-refractivity contribution >= 4 is 5.91 Å². The highest BCUT2D eigenvalue weighted by Gasteiger charge is 2.35. The lowest BCUT2D eigenvalue weighted by Crippen LogP contribution is -2.44. The van der Waals surface area contributed by atoms with Crippen LogP contribution in [-0.4, -0.2) is 41.9 Å². The van der Waals surface area contributed by atoms with Gasteiger partial charge in [-0.25, -0.2) is 13.2 Å². The molecule has 1 atom stereocenters. The van der Waals surface area contributed by atoms with Gasteiger partial charge in [0.15, 0.2) is 17.5 Å². The summed E-state index contributed by atoms with van der Waals surface area (Å²) in [4.78, 5) is 14.9. The first kappa shape index (κ1) is 20.9. The molecule has 0 fully saturated rings. The standard InChI is InChI=1S/C22H18F3N7O/c1-30-20(12-8-15(23)18(25)16(24)9-12)14-6-7-32(21(26)19(14)29-30)22(33)13-4-2-3-5-17(13)31-10-27-28-11-31/h2-5,8-11,21H,6-7,26H2,1H3/t21-/m1/s1. The first-order chi connectivity index (χ1) is 15.9.